The summed E-state index contributed by atoms with van der Waals surface area (Å²) in [5.74, 6) is -0.156. The van der Waals surface area contributed by atoms with Gasteiger partial charge in [0, 0.05) is 5.57 Å². The first-order valence-corrected chi connectivity index (χ1v) is 5.32. The van der Waals surface area contributed by atoms with Gasteiger partial charge in [-0.25, -0.2) is 0 Å². The minimum absolute atomic E-state index is 0.0150. The standard InChI is InChI=1S/C12H11F3N2O/c13-12(14,15)8-4-2-1-3-7(8)9-5-6-10(18-9)11(16)17/h3-6H,1-2H2,(H3,16,17). The van der Waals surface area contributed by atoms with E-state index in [0.717, 1.165) is 6.08 Å². The number of hydrogen-bond donors (Lipinski definition) is 2. The van der Waals surface area contributed by atoms with Crippen molar-refractivity contribution in [2.75, 3.05) is 0 Å². The molecule has 3 nitrogen and oxygen atoms in total. The van der Waals surface area contributed by atoms with E-state index in [1.807, 2.05) is 0 Å². The monoisotopic (exact) mass is 256 g/mol. The summed E-state index contributed by atoms with van der Waals surface area (Å²) in [7, 11) is 0. The zero-order chi connectivity index (χ0) is 13.3. The smallest absolute Gasteiger partial charge is 0.416 e. The number of nitrogens with one attached hydrogen (secondary N) is 1. The summed E-state index contributed by atoms with van der Waals surface area (Å²) in [5, 5.41) is 7.16. The molecular formula is C12H11F3N2O. The molecule has 0 radical (unpaired) electrons. The Morgan fingerprint density at radius 3 is 2.44 bits per heavy atom. The first-order valence-electron chi connectivity index (χ1n) is 5.32. The molecule has 0 aliphatic heterocycles. The van der Waals surface area contributed by atoms with Crippen molar-refractivity contribution in [3.05, 3.63) is 41.4 Å². The quantitative estimate of drug-likeness (QED) is 0.630. The van der Waals surface area contributed by atoms with E-state index < -0.39 is 11.7 Å². The average Bonchev–Trinajstić information content (AvgIpc) is 2.77. The second-order valence-corrected chi connectivity index (χ2v) is 3.89. The molecule has 1 aliphatic carbocycles. The van der Waals surface area contributed by atoms with Crippen LogP contribution in [0, 0.1) is 5.41 Å². The van der Waals surface area contributed by atoms with E-state index in [0.29, 0.717) is 12.8 Å². The third kappa shape index (κ3) is 2.32. The molecule has 1 aromatic rings. The number of furan rings is 1. The molecule has 0 saturated heterocycles. The Balaban J connectivity index is 2.39. The zero-order valence-corrected chi connectivity index (χ0v) is 9.34. The van der Waals surface area contributed by atoms with E-state index in [9.17, 15) is 13.2 Å². The number of halogens is 3. The first-order chi connectivity index (χ1) is 8.39. The van der Waals surface area contributed by atoms with Gasteiger partial charge in [-0.15, -0.1) is 0 Å². The van der Waals surface area contributed by atoms with Crippen molar-refractivity contribution < 1.29 is 17.6 Å². The molecule has 0 unspecified atom stereocenters. The van der Waals surface area contributed by atoms with Crippen LogP contribution in [0.3, 0.4) is 0 Å². The Morgan fingerprint density at radius 1 is 1.22 bits per heavy atom. The molecule has 96 valence electrons. The van der Waals surface area contributed by atoms with Gasteiger partial charge < -0.3 is 10.2 Å². The summed E-state index contributed by atoms with van der Waals surface area (Å²) in [6, 6.07) is 2.79. The number of nitrogen functional groups attached to an aromatic ring is 1. The number of alkyl halides is 3. The van der Waals surface area contributed by atoms with Crippen molar-refractivity contribution in [2.24, 2.45) is 5.73 Å². The number of hydrogen-bond acceptors (Lipinski definition) is 2. The summed E-state index contributed by atoms with van der Waals surface area (Å²) in [6.07, 6.45) is -0.865. The lowest BCUT2D eigenvalue weighted by Gasteiger charge is -2.17. The Bertz CT molecular complexity index is 538. The van der Waals surface area contributed by atoms with Crippen molar-refractivity contribution in [3.8, 4) is 0 Å². The normalized spacial score (nSPS) is 16.2. The Hall–Kier alpha value is -1.98. The van der Waals surface area contributed by atoms with Gasteiger partial charge in [0.15, 0.2) is 11.6 Å². The van der Waals surface area contributed by atoms with E-state index in [2.05, 4.69) is 0 Å². The number of nitrogens with two attached hydrogens (primary N) is 1. The summed E-state index contributed by atoms with van der Waals surface area (Å²) in [5.41, 5.74) is 4.53. The maximum Gasteiger partial charge on any atom is 0.416 e. The minimum atomic E-state index is -4.41. The SMILES string of the molecule is N=C(N)c1ccc(C2=CCCC=C2C(F)(F)F)o1. The van der Waals surface area contributed by atoms with Crippen LogP contribution in [0.25, 0.3) is 5.57 Å². The summed E-state index contributed by atoms with van der Waals surface area (Å²) in [4.78, 5) is 0. The van der Waals surface area contributed by atoms with Crippen LogP contribution in [0.1, 0.15) is 24.4 Å². The summed E-state index contributed by atoms with van der Waals surface area (Å²) < 4.78 is 43.6. The highest BCUT2D eigenvalue weighted by molar-refractivity contribution is 5.93. The van der Waals surface area contributed by atoms with Gasteiger partial charge in [-0.3, -0.25) is 5.41 Å². The molecule has 0 fully saturated rings. The lowest BCUT2D eigenvalue weighted by molar-refractivity contribution is -0.0875. The average molecular weight is 256 g/mol. The van der Waals surface area contributed by atoms with Crippen molar-refractivity contribution in [3.63, 3.8) is 0 Å². The van der Waals surface area contributed by atoms with Gasteiger partial charge in [-0.05, 0) is 25.0 Å². The molecule has 0 saturated carbocycles. The molecule has 0 spiro atoms. The number of rotatable bonds is 2. The fourth-order valence-corrected chi connectivity index (χ4v) is 1.80. The lowest BCUT2D eigenvalue weighted by Crippen LogP contribution is -2.15. The highest BCUT2D eigenvalue weighted by Gasteiger charge is 2.37. The topological polar surface area (TPSA) is 63.0 Å². The largest absolute Gasteiger partial charge is 0.453 e. The molecule has 0 amide bonds. The first kappa shape index (κ1) is 12.5. The van der Waals surface area contributed by atoms with Gasteiger partial charge in [0.1, 0.15) is 5.76 Å². The van der Waals surface area contributed by atoms with Crippen LogP contribution in [0.2, 0.25) is 0 Å². The zero-order valence-electron chi connectivity index (χ0n) is 9.34. The molecule has 6 heteroatoms. The van der Waals surface area contributed by atoms with Gasteiger partial charge in [-0.2, -0.15) is 13.2 Å². The van der Waals surface area contributed by atoms with E-state index in [-0.39, 0.29) is 22.9 Å². The van der Waals surface area contributed by atoms with Crippen LogP contribution in [-0.2, 0) is 0 Å². The van der Waals surface area contributed by atoms with Crippen LogP contribution in [0.15, 0.2) is 34.3 Å². The van der Waals surface area contributed by atoms with Gasteiger partial charge in [-0.1, -0.05) is 12.2 Å². The predicted molar refractivity (Wildman–Crippen MR) is 61.1 cm³/mol. The molecule has 2 rings (SSSR count). The highest BCUT2D eigenvalue weighted by Crippen LogP contribution is 2.39. The summed E-state index contributed by atoms with van der Waals surface area (Å²) >= 11 is 0. The molecule has 3 N–H and O–H groups in total. The van der Waals surface area contributed by atoms with Gasteiger partial charge >= 0.3 is 6.18 Å². The lowest BCUT2D eigenvalue weighted by atomic mass is 9.95. The third-order valence-electron chi connectivity index (χ3n) is 2.60. The van der Waals surface area contributed by atoms with Crippen molar-refractivity contribution >= 4 is 11.4 Å². The molecule has 1 heterocycles. The molecule has 0 aromatic carbocycles. The molecule has 1 aliphatic rings. The second-order valence-electron chi connectivity index (χ2n) is 3.89. The summed E-state index contributed by atoms with van der Waals surface area (Å²) in [6.45, 7) is 0. The third-order valence-corrected chi connectivity index (χ3v) is 2.60. The van der Waals surface area contributed by atoms with E-state index in [4.69, 9.17) is 15.6 Å². The van der Waals surface area contributed by atoms with Crippen LogP contribution in [-0.4, -0.2) is 12.0 Å². The van der Waals surface area contributed by atoms with Crippen LogP contribution < -0.4 is 5.73 Å². The molecule has 0 bridgehead atoms. The molecule has 18 heavy (non-hydrogen) atoms. The van der Waals surface area contributed by atoms with Gasteiger partial charge in [0.2, 0.25) is 0 Å². The van der Waals surface area contributed by atoms with Crippen molar-refractivity contribution in [1.82, 2.24) is 0 Å². The molecule has 0 atom stereocenters. The van der Waals surface area contributed by atoms with E-state index in [1.54, 1.807) is 0 Å². The predicted octanol–water partition coefficient (Wildman–Crippen LogP) is 3.23. The fraction of sp³-hybridized carbons (Fsp3) is 0.250. The molecular weight excluding hydrogens is 245 g/mol. The van der Waals surface area contributed by atoms with Gasteiger partial charge in [0.25, 0.3) is 0 Å². The Kier molecular flexibility index (Phi) is 3.02. The maximum absolute atomic E-state index is 12.8. The van der Waals surface area contributed by atoms with Crippen molar-refractivity contribution in [2.45, 2.75) is 19.0 Å². The van der Waals surface area contributed by atoms with E-state index >= 15 is 0 Å². The number of amidine groups is 1. The number of allylic oxidation sites excluding steroid dienone is 4. The molecule has 1 aromatic heterocycles. The van der Waals surface area contributed by atoms with Crippen LogP contribution >= 0.6 is 0 Å². The Morgan fingerprint density at radius 2 is 1.89 bits per heavy atom. The maximum atomic E-state index is 12.8. The van der Waals surface area contributed by atoms with Crippen LogP contribution in [0.5, 0.6) is 0 Å². The second kappa shape index (κ2) is 4.36. The van der Waals surface area contributed by atoms with Crippen LogP contribution in [0.4, 0.5) is 13.2 Å². The Labute approximate surface area is 101 Å². The highest BCUT2D eigenvalue weighted by atomic mass is 19.4. The van der Waals surface area contributed by atoms with Crippen molar-refractivity contribution in [1.29, 1.82) is 5.41 Å². The van der Waals surface area contributed by atoms with Gasteiger partial charge in [0.05, 0.1) is 5.57 Å². The van der Waals surface area contributed by atoms with E-state index in [1.165, 1.54) is 18.2 Å². The fourth-order valence-electron chi connectivity index (χ4n) is 1.80. The minimum Gasteiger partial charge on any atom is -0.453 e.